The number of nitrogens with zero attached hydrogens (tertiary/aromatic N) is 1. The Bertz CT molecular complexity index is 689. The van der Waals surface area contributed by atoms with Crippen molar-refractivity contribution in [2.45, 2.75) is 6.54 Å². The molecule has 0 spiro atoms. The number of anilines is 2. The lowest BCUT2D eigenvalue weighted by Crippen LogP contribution is -2.19. The predicted octanol–water partition coefficient (Wildman–Crippen LogP) is 2.88. The fraction of sp³-hybridized carbons (Fsp3) is 0.133. The molecular formula is C15H14F2N2O2. The maximum absolute atomic E-state index is 13.7. The fourth-order valence-corrected chi connectivity index (χ4v) is 2.04. The Labute approximate surface area is 120 Å². The van der Waals surface area contributed by atoms with Crippen molar-refractivity contribution < 1.29 is 18.7 Å². The molecule has 0 saturated heterocycles. The second-order valence-electron chi connectivity index (χ2n) is 4.64. The van der Waals surface area contributed by atoms with Crippen LogP contribution in [0.5, 0.6) is 0 Å². The molecule has 21 heavy (non-hydrogen) atoms. The molecule has 3 N–H and O–H groups in total. The van der Waals surface area contributed by atoms with E-state index in [9.17, 15) is 13.6 Å². The quantitative estimate of drug-likeness (QED) is 0.850. The van der Waals surface area contributed by atoms with Gasteiger partial charge in [0.1, 0.15) is 11.6 Å². The second-order valence-corrected chi connectivity index (χ2v) is 4.64. The first-order valence-electron chi connectivity index (χ1n) is 6.17. The number of carbonyl (C=O) groups is 1. The normalized spacial score (nSPS) is 10.4. The molecule has 0 aliphatic rings. The van der Waals surface area contributed by atoms with E-state index >= 15 is 0 Å². The van der Waals surface area contributed by atoms with Crippen LogP contribution in [0.1, 0.15) is 15.9 Å². The number of aromatic carboxylic acids is 1. The molecule has 2 aromatic rings. The Balaban J connectivity index is 2.32. The lowest BCUT2D eigenvalue weighted by molar-refractivity contribution is 0.0692. The molecule has 110 valence electrons. The topological polar surface area (TPSA) is 66.6 Å². The van der Waals surface area contributed by atoms with Crippen LogP contribution >= 0.6 is 0 Å². The van der Waals surface area contributed by atoms with Gasteiger partial charge in [-0.1, -0.05) is 18.2 Å². The minimum Gasteiger partial charge on any atom is -0.478 e. The fourth-order valence-electron chi connectivity index (χ4n) is 2.04. The molecule has 0 amide bonds. The Morgan fingerprint density at radius 1 is 1.24 bits per heavy atom. The molecular weight excluding hydrogens is 278 g/mol. The summed E-state index contributed by atoms with van der Waals surface area (Å²) >= 11 is 0. The monoisotopic (exact) mass is 292 g/mol. The van der Waals surface area contributed by atoms with Crippen LogP contribution in [0.15, 0.2) is 36.4 Å². The maximum atomic E-state index is 13.7. The molecule has 0 aromatic heterocycles. The van der Waals surface area contributed by atoms with Gasteiger partial charge >= 0.3 is 5.97 Å². The SMILES string of the molecule is CN(Cc1ccccc1F)c1cc(F)c(C(=O)O)cc1N. The number of carboxylic acids is 1. The van der Waals surface area contributed by atoms with Crippen LogP contribution in [0, 0.1) is 11.6 Å². The molecule has 0 unspecified atom stereocenters. The Hall–Kier alpha value is -2.63. The largest absolute Gasteiger partial charge is 0.478 e. The summed E-state index contributed by atoms with van der Waals surface area (Å²) < 4.78 is 27.3. The van der Waals surface area contributed by atoms with Crippen molar-refractivity contribution in [2.75, 3.05) is 17.7 Å². The summed E-state index contributed by atoms with van der Waals surface area (Å²) in [6.45, 7) is 0.183. The second kappa shape index (κ2) is 5.78. The molecule has 0 fully saturated rings. The minimum atomic E-state index is -1.39. The number of rotatable bonds is 4. The number of halogens is 2. The van der Waals surface area contributed by atoms with E-state index in [1.165, 1.54) is 6.07 Å². The van der Waals surface area contributed by atoms with Crippen molar-refractivity contribution in [3.05, 3.63) is 59.2 Å². The van der Waals surface area contributed by atoms with Crippen LogP contribution in [-0.4, -0.2) is 18.1 Å². The first-order chi connectivity index (χ1) is 9.90. The Morgan fingerprint density at radius 2 is 1.90 bits per heavy atom. The summed E-state index contributed by atoms with van der Waals surface area (Å²) in [6.07, 6.45) is 0. The molecule has 6 heteroatoms. The van der Waals surface area contributed by atoms with Crippen molar-refractivity contribution >= 4 is 17.3 Å². The van der Waals surface area contributed by atoms with Crippen LogP contribution in [0.4, 0.5) is 20.2 Å². The van der Waals surface area contributed by atoms with E-state index in [-0.39, 0.29) is 18.0 Å². The van der Waals surface area contributed by atoms with Gasteiger partial charge in [0.15, 0.2) is 0 Å². The summed E-state index contributed by atoms with van der Waals surface area (Å²) in [4.78, 5) is 12.4. The van der Waals surface area contributed by atoms with Gasteiger partial charge in [0, 0.05) is 25.2 Å². The zero-order chi connectivity index (χ0) is 15.6. The van der Waals surface area contributed by atoms with Gasteiger partial charge < -0.3 is 15.7 Å². The highest BCUT2D eigenvalue weighted by molar-refractivity contribution is 5.90. The molecule has 0 radical (unpaired) electrons. The Morgan fingerprint density at radius 3 is 2.52 bits per heavy atom. The van der Waals surface area contributed by atoms with E-state index in [2.05, 4.69) is 0 Å². The molecule has 0 bridgehead atoms. The number of nitrogen functional groups attached to an aromatic ring is 1. The highest BCUT2D eigenvalue weighted by atomic mass is 19.1. The van der Waals surface area contributed by atoms with Crippen LogP contribution in [0.2, 0.25) is 0 Å². The molecule has 0 aliphatic carbocycles. The van der Waals surface area contributed by atoms with Crippen molar-refractivity contribution in [3.8, 4) is 0 Å². The van der Waals surface area contributed by atoms with Crippen molar-refractivity contribution in [2.24, 2.45) is 0 Å². The summed E-state index contributed by atoms with van der Waals surface area (Å²) in [5.41, 5.74) is 6.12. The molecule has 0 aliphatic heterocycles. The molecule has 0 saturated carbocycles. The average molecular weight is 292 g/mol. The van der Waals surface area contributed by atoms with Gasteiger partial charge in [-0.2, -0.15) is 0 Å². The number of hydrogen-bond donors (Lipinski definition) is 2. The van der Waals surface area contributed by atoms with Gasteiger partial charge in [-0.25, -0.2) is 13.6 Å². The minimum absolute atomic E-state index is 0.118. The maximum Gasteiger partial charge on any atom is 0.338 e. The van der Waals surface area contributed by atoms with Gasteiger partial charge in [0.05, 0.1) is 16.9 Å². The van der Waals surface area contributed by atoms with E-state index in [4.69, 9.17) is 10.8 Å². The molecule has 2 aromatic carbocycles. The predicted molar refractivity (Wildman–Crippen MR) is 76.3 cm³/mol. The molecule has 0 atom stereocenters. The summed E-state index contributed by atoms with van der Waals surface area (Å²) in [6, 6.07) is 8.33. The van der Waals surface area contributed by atoms with E-state index in [1.807, 2.05) is 0 Å². The first kappa shape index (κ1) is 14.8. The highest BCUT2D eigenvalue weighted by Crippen LogP contribution is 2.27. The number of nitrogens with two attached hydrogens (primary N) is 1. The highest BCUT2D eigenvalue weighted by Gasteiger charge is 2.16. The molecule has 2 rings (SSSR count). The van der Waals surface area contributed by atoms with Gasteiger partial charge in [0.2, 0.25) is 0 Å². The third-order valence-electron chi connectivity index (χ3n) is 3.12. The average Bonchev–Trinajstić information content (AvgIpc) is 2.43. The summed E-state index contributed by atoms with van der Waals surface area (Å²) in [5.74, 6) is -2.64. The van der Waals surface area contributed by atoms with Crippen LogP contribution < -0.4 is 10.6 Å². The van der Waals surface area contributed by atoms with E-state index in [0.29, 0.717) is 11.3 Å². The van der Waals surface area contributed by atoms with Crippen molar-refractivity contribution in [1.82, 2.24) is 0 Å². The molecule has 4 nitrogen and oxygen atoms in total. The van der Waals surface area contributed by atoms with Crippen molar-refractivity contribution in [1.29, 1.82) is 0 Å². The standard InChI is InChI=1S/C15H14F2N2O2/c1-19(8-9-4-2-3-5-11(9)16)14-7-12(17)10(15(20)21)6-13(14)18/h2-7H,8,18H2,1H3,(H,20,21). The van der Waals surface area contributed by atoms with Gasteiger partial charge in [-0.15, -0.1) is 0 Å². The number of carboxylic acid groups (broad SMARTS) is 1. The lowest BCUT2D eigenvalue weighted by Gasteiger charge is -2.22. The van der Waals surface area contributed by atoms with E-state index < -0.39 is 17.3 Å². The van der Waals surface area contributed by atoms with Crippen LogP contribution in [-0.2, 0) is 6.54 Å². The number of hydrogen-bond acceptors (Lipinski definition) is 3. The van der Waals surface area contributed by atoms with E-state index in [1.54, 1.807) is 30.1 Å². The van der Waals surface area contributed by atoms with Gasteiger partial charge in [-0.05, 0) is 12.1 Å². The lowest BCUT2D eigenvalue weighted by atomic mass is 10.1. The van der Waals surface area contributed by atoms with Crippen molar-refractivity contribution in [3.63, 3.8) is 0 Å². The van der Waals surface area contributed by atoms with Crippen LogP contribution in [0.25, 0.3) is 0 Å². The summed E-state index contributed by atoms with van der Waals surface area (Å²) in [5, 5.41) is 8.83. The Kier molecular flexibility index (Phi) is 4.07. The zero-order valence-corrected chi connectivity index (χ0v) is 11.3. The van der Waals surface area contributed by atoms with Gasteiger partial charge in [-0.3, -0.25) is 0 Å². The third-order valence-corrected chi connectivity index (χ3v) is 3.12. The van der Waals surface area contributed by atoms with E-state index in [0.717, 1.165) is 12.1 Å². The third kappa shape index (κ3) is 3.10. The zero-order valence-electron chi connectivity index (χ0n) is 11.3. The smallest absolute Gasteiger partial charge is 0.338 e. The van der Waals surface area contributed by atoms with Gasteiger partial charge in [0.25, 0.3) is 0 Å². The number of benzene rings is 2. The molecule has 0 heterocycles. The summed E-state index contributed by atoms with van der Waals surface area (Å²) in [7, 11) is 1.62. The van der Waals surface area contributed by atoms with Crippen LogP contribution in [0.3, 0.4) is 0 Å². The first-order valence-corrected chi connectivity index (χ1v) is 6.17.